The van der Waals surface area contributed by atoms with Crippen LogP contribution in [0.3, 0.4) is 0 Å². The number of esters is 1. The Morgan fingerprint density at radius 3 is 2.14 bits per heavy atom. The van der Waals surface area contributed by atoms with Crippen LogP contribution in [0.25, 0.3) is 5.57 Å². The molecule has 1 rings (SSSR count). The highest BCUT2D eigenvalue weighted by Gasteiger charge is 2.17. The van der Waals surface area contributed by atoms with E-state index in [1.54, 1.807) is 0 Å². The molecule has 0 radical (unpaired) electrons. The summed E-state index contributed by atoms with van der Waals surface area (Å²) in [6.45, 7) is 14.1. The van der Waals surface area contributed by atoms with Crippen LogP contribution in [0.2, 0.25) is 0 Å². The van der Waals surface area contributed by atoms with Crippen molar-refractivity contribution in [1.82, 2.24) is 0 Å². The zero-order valence-corrected chi connectivity index (χ0v) is 14.4. The third-order valence-electron chi connectivity index (χ3n) is 3.01. The van der Waals surface area contributed by atoms with Gasteiger partial charge in [-0.1, -0.05) is 50.1 Å². The summed E-state index contributed by atoms with van der Waals surface area (Å²) in [5.41, 5.74) is 5.00. The van der Waals surface area contributed by atoms with E-state index in [0.29, 0.717) is 5.57 Å². The predicted molar refractivity (Wildman–Crippen MR) is 89.3 cm³/mol. The van der Waals surface area contributed by atoms with Crippen molar-refractivity contribution in [1.29, 1.82) is 0 Å². The van der Waals surface area contributed by atoms with Gasteiger partial charge in [-0.25, -0.2) is 4.79 Å². The molecule has 0 bridgehead atoms. The maximum absolute atomic E-state index is 11.9. The summed E-state index contributed by atoms with van der Waals surface area (Å²) in [5, 5.41) is 0. The minimum Gasteiger partial charge on any atom is -0.465 e. The first-order valence-corrected chi connectivity index (χ1v) is 7.15. The normalized spacial score (nSPS) is 10.2. The Kier molecular flexibility index (Phi) is 12.1. The molecule has 0 unspecified atom stereocenters. The quantitative estimate of drug-likeness (QED) is 0.608. The molecule has 0 spiro atoms. The fourth-order valence-corrected chi connectivity index (χ4v) is 1.80. The first-order chi connectivity index (χ1) is 10.0. The van der Waals surface area contributed by atoms with Crippen molar-refractivity contribution in [3.8, 4) is 0 Å². The topological polar surface area (TPSA) is 43.4 Å². The van der Waals surface area contributed by atoms with Crippen molar-refractivity contribution in [2.75, 3.05) is 7.11 Å². The van der Waals surface area contributed by atoms with Crippen LogP contribution in [0.1, 0.15) is 50.8 Å². The molecule has 118 valence electrons. The molecule has 21 heavy (non-hydrogen) atoms. The largest absolute Gasteiger partial charge is 0.465 e. The summed E-state index contributed by atoms with van der Waals surface area (Å²) in [6, 6.07) is 6.13. The fraction of sp³-hybridized carbons (Fsp3) is 0.444. The number of rotatable bonds is 3. The molecule has 3 nitrogen and oxygen atoms in total. The highest BCUT2D eigenvalue weighted by molar-refractivity contribution is 6.17. The Labute approximate surface area is 129 Å². The van der Waals surface area contributed by atoms with Crippen LogP contribution >= 0.6 is 0 Å². The molecule has 0 aliphatic carbocycles. The van der Waals surface area contributed by atoms with Gasteiger partial charge in [0.05, 0.1) is 12.7 Å². The number of allylic oxidation sites excluding steroid dienone is 1. The predicted octanol–water partition coefficient (Wildman–Crippen LogP) is 4.50. The Morgan fingerprint density at radius 2 is 1.71 bits per heavy atom. The average Bonchev–Trinajstić information content (AvgIpc) is 2.54. The third kappa shape index (κ3) is 6.39. The Hall–Kier alpha value is -1.90. The summed E-state index contributed by atoms with van der Waals surface area (Å²) in [7, 11) is 1.43. The van der Waals surface area contributed by atoms with Gasteiger partial charge in [-0.2, -0.15) is 0 Å². The van der Waals surface area contributed by atoms with Crippen LogP contribution in [0.15, 0.2) is 23.8 Å². The van der Waals surface area contributed by atoms with Crippen LogP contribution in [-0.2, 0) is 14.3 Å². The van der Waals surface area contributed by atoms with E-state index in [1.165, 1.54) is 7.11 Å². The molecule has 1 aromatic rings. The van der Waals surface area contributed by atoms with Crippen LogP contribution in [0.4, 0.5) is 0 Å². The standard InChI is InChI=1S/C15H20O2.C2H6.CH2O/c1-6-11(3)14(15(16)17-5)13-9-10(2)7-8-12(13)4;2*1-2/h7-9H,6H2,1-5H3;1-2H3;1H2/b14-11+;;. The van der Waals surface area contributed by atoms with Crippen molar-refractivity contribution in [3.05, 3.63) is 40.5 Å². The lowest BCUT2D eigenvalue weighted by Gasteiger charge is -2.13. The van der Waals surface area contributed by atoms with Gasteiger partial charge in [-0.3, -0.25) is 0 Å². The molecule has 0 amide bonds. The second kappa shape index (κ2) is 11.9. The van der Waals surface area contributed by atoms with Crippen LogP contribution in [-0.4, -0.2) is 19.9 Å². The lowest BCUT2D eigenvalue weighted by atomic mass is 9.94. The van der Waals surface area contributed by atoms with Crippen molar-refractivity contribution in [3.63, 3.8) is 0 Å². The molecule has 0 aliphatic heterocycles. The number of carbonyl (C=O) groups excluding carboxylic acids is 2. The lowest BCUT2D eigenvalue weighted by Crippen LogP contribution is -2.07. The SMILES string of the molecule is C=O.CC.CC/C(C)=C(/C(=O)OC)c1cc(C)ccc1C. The summed E-state index contributed by atoms with van der Waals surface area (Å²) in [6.07, 6.45) is 0.845. The number of carbonyl (C=O) groups is 2. The number of benzene rings is 1. The van der Waals surface area contributed by atoms with Crippen LogP contribution < -0.4 is 0 Å². The molecular weight excluding hydrogens is 264 g/mol. The summed E-state index contributed by atoms with van der Waals surface area (Å²) in [4.78, 5) is 19.9. The maximum Gasteiger partial charge on any atom is 0.338 e. The first-order valence-electron chi connectivity index (χ1n) is 7.15. The maximum atomic E-state index is 11.9. The van der Waals surface area contributed by atoms with Crippen LogP contribution in [0, 0.1) is 13.8 Å². The molecule has 0 heterocycles. The second-order valence-electron chi connectivity index (χ2n) is 4.32. The first kappa shape index (κ1) is 21.4. The van der Waals surface area contributed by atoms with E-state index < -0.39 is 0 Å². The number of hydrogen-bond acceptors (Lipinski definition) is 3. The second-order valence-corrected chi connectivity index (χ2v) is 4.32. The van der Waals surface area contributed by atoms with E-state index in [9.17, 15) is 4.79 Å². The Balaban J connectivity index is 0. The molecule has 0 N–H and O–H groups in total. The molecule has 1 aromatic carbocycles. The van der Waals surface area contributed by atoms with Crippen molar-refractivity contribution >= 4 is 18.3 Å². The van der Waals surface area contributed by atoms with Gasteiger partial charge >= 0.3 is 5.97 Å². The summed E-state index contributed by atoms with van der Waals surface area (Å²) >= 11 is 0. The van der Waals surface area contributed by atoms with Gasteiger partial charge in [0.2, 0.25) is 0 Å². The smallest absolute Gasteiger partial charge is 0.338 e. The van der Waals surface area contributed by atoms with Crippen molar-refractivity contribution in [2.45, 2.75) is 48.0 Å². The molecule has 0 atom stereocenters. The molecular formula is C18H28O3. The van der Waals surface area contributed by atoms with Crippen molar-refractivity contribution < 1.29 is 14.3 Å². The van der Waals surface area contributed by atoms with Crippen LogP contribution in [0.5, 0.6) is 0 Å². The number of hydrogen-bond donors (Lipinski definition) is 0. The van der Waals surface area contributed by atoms with E-state index in [-0.39, 0.29) is 5.97 Å². The van der Waals surface area contributed by atoms with Gasteiger partial charge in [-0.15, -0.1) is 0 Å². The number of methoxy groups -OCH3 is 1. The van der Waals surface area contributed by atoms with Gasteiger partial charge in [0.25, 0.3) is 0 Å². The monoisotopic (exact) mass is 292 g/mol. The van der Waals surface area contributed by atoms with E-state index in [4.69, 9.17) is 9.53 Å². The Bertz CT molecular complexity index is 473. The van der Waals surface area contributed by atoms with Gasteiger partial charge in [-0.05, 0) is 38.3 Å². The third-order valence-corrected chi connectivity index (χ3v) is 3.01. The van der Waals surface area contributed by atoms with E-state index in [1.807, 2.05) is 60.5 Å². The van der Waals surface area contributed by atoms with Gasteiger partial charge < -0.3 is 9.53 Å². The fourth-order valence-electron chi connectivity index (χ4n) is 1.80. The van der Waals surface area contributed by atoms with E-state index >= 15 is 0 Å². The molecule has 0 aromatic heterocycles. The molecule has 0 fully saturated rings. The minimum atomic E-state index is -0.252. The molecule has 0 aliphatic rings. The minimum absolute atomic E-state index is 0.252. The average molecular weight is 292 g/mol. The highest BCUT2D eigenvalue weighted by atomic mass is 16.5. The molecule has 0 saturated heterocycles. The summed E-state index contributed by atoms with van der Waals surface area (Å²) in [5.74, 6) is -0.252. The number of aryl methyl sites for hydroxylation is 2. The molecule has 0 saturated carbocycles. The number of ether oxygens (including phenoxy) is 1. The highest BCUT2D eigenvalue weighted by Crippen LogP contribution is 2.26. The van der Waals surface area contributed by atoms with Gasteiger partial charge in [0.15, 0.2) is 0 Å². The lowest BCUT2D eigenvalue weighted by molar-refractivity contribution is -0.133. The van der Waals surface area contributed by atoms with Gasteiger partial charge in [0.1, 0.15) is 6.79 Å². The van der Waals surface area contributed by atoms with E-state index in [0.717, 1.165) is 28.7 Å². The van der Waals surface area contributed by atoms with Crippen molar-refractivity contribution in [2.24, 2.45) is 0 Å². The molecule has 3 heteroatoms. The summed E-state index contributed by atoms with van der Waals surface area (Å²) < 4.78 is 4.89. The zero-order valence-electron chi connectivity index (χ0n) is 14.4. The zero-order chi connectivity index (χ0) is 17.0. The van der Waals surface area contributed by atoms with E-state index in [2.05, 4.69) is 6.07 Å². The van der Waals surface area contributed by atoms with Gasteiger partial charge in [0, 0.05) is 0 Å². The Morgan fingerprint density at radius 1 is 1.19 bits per heavy atom.